The van der Waals surface area contributed by atoms with E-state index in [4.69, 9.17) is 0 Å². The van der Waals surface area contributed by atoms with Gasteiger partial charge >= 0.3 is 0 Å². The summed E-state index contributed by atoms with van der Waals surface area (Å²) in [4.78, 5) is 21.2. The van der Waals surface area contributed by atoms with Crippen LogP contribution in [0.3, 0.4) is 0 Å². The first-order valence-corrected chi connectivity index (χ1v) is 7.20. The third-order valence-electron chi connectivity index (χ3n) is 3.53. The number of hydrogen-bond donors (Lipinski definition) is 1. The third kappa shape index (κ3) is 2.96. The van der Waals surface area contributed by atoms with Crippen molar-refractivity contribution in [2.24, 2.45) is 0 Å². The molecule has 110 valence electrons. The summed E-state index contributed by atoms with van der Waals surface area (Å²) >= 11 is 0. The predicted molar refractivity (Wildman–Crippen MR) is 86.6 cm³/mol. The van der Waals surface area contributed by atoms with E-state index < -0.39 is 0 Å². The number of carbonyl (C=O) groups excluding carboxylic acids is 1. The summed E-state index contributed by atoms with van der Waals surface area (Å²) in [5, 5.41) is 2.90. The van der Waals surface area contributed by atoms with Crippen molar-refractivity contribution in [1.29, 1.82) is 0 Å². The van der Waals surface area contributed by atoms with Crippen molar-refractivity contribution in [2.75, 3.05) is 0 Å². The first kappa shape index (κ1) is 14.2. The monoisotopic (exact) mass is 291 g/mol. The maximum absolute atomic E-state index is 12.3. The van der Waals surface area contributed by atoms with E-state index in [1.807, 2.05) is 55.5 Å². The average Bonchev–Trinajstić information content (AvgIpc) is 2.53. The second-order valence-electron chi connectivity index (χ2n) is 5.31. The van der Waals surface area contributed by atoms with Crippen molar-refractivity contribution in [2.45, 2.75) is 20.4 Å². The lowest BCUT2D eigenvalue weighted by molar-refractivity contribution is 0.0945. The van der Waals surface area contributed by atoms with E-state index in [-0.39, 0.29) is 5.91 Å². The summed E-state index contributed by atoms with van der Waals surface area (Å²) in [6.07, 6.45) is 0. The Bertz CT molecular complexity index is 825. The molecule has 3 rings (SSSR count). The molecule has 0 aliphatic rings. The molecule has 0 saturated carbocycles. The fraction of sp³-hybridized carbons (Fsp3) is 0.167. The van der Waals surface area contributed by atoms with Crippen molar-refractivity contribution in [3.05, 3.63) is 71.0 Å². The van der Waals surface area contributed by atoms with Gasteiger partial charge in [-0.2, -0.15) is 0 Å². The Morgan fingerprint density at radius 1 is 0.955 bits per heavy atom. The van der Waals surface area contributed by atoms with Crippen LogP contribution in [0.25, 0.3) is 11.0 Å². The van der Waals surface area contributed by atoms with Crippen molar-refractivity contribution >= 4 is 16.9 Å². The molecule has 22 heavy (non-hydrogen) atoms. The predicted octanol–water partition coefficient (Wildman–Crippen LogP) is 3.18. The number of benzene rings is 2. The molecule has 0 aliphatic heterocycles. The van der Waals surface area contributed by atoms with Crippen molar-refractivity contribution in [3.8, 4) is 0 Å². The lowest BCUT2D eigenvalue weighted by atomic mass is 10.1. The normalized spacial score (nSPS) is 10.6. The number of hydrogen-bond acceptors (Lipinski definition) is 3. The maximum Gasteiger partial charge on any atom is 0.272 e. The van der Waals surface area contributed by atoms with Crippen LogP contribution in [0.5, 0.6) is 0 Å². The van der Waals surface area contributed by atoms with Gasteiger partial charge in [-0.3, -0.25) is 4.79 Å². The van der Waals surface area contributed by atoms with Gasteiger partial charge in [-0.05, 0) is 31.5 Å². The molecule has 0 radical (unpaired) electrons. The number of aryl methyl sites for hydroxylation is 2. The lowest BCUT2D eigenvalue weighted by Gasteiger charge is -2.08. The molecule has 1 heterocycles. The summed E-state index contributed by atoms with van der Waals surface area (Å²) in [7, 11) is 0. The van der Waals surface area contributed by atoms with Gasteiger partial charge in [-0.15, -0.1) is 0 Å². The van der Waals surface area contributed by atoms with E-state index in [1.54, 1.807) is 6.92 Å². The number of fused-ring (bicyclic) bond motifs is 1. The Kier molecular flexibility index (Phi) is 3.83. The molecule has 0 fully saturated rings. The minimum absolute atomic E-state index is 0.198. The van der Waals surface area contributed by atoms with Crippen LogP contribution >= 0.6 is 0 Å². The Hall–Kier alpha value is -2.75. The lowest BCUT2D eigenvalue weighted by Crippen LogP contribution is -2.25. The molecule has 0 spiro atoms. The SMILES string of the molecule is Cc1ccc(CNC(=O)c2nc3ccccc3nc2C)cc1. The van der Waals surface area contributed by atoms with Crippen molar-refractivity contribution in [1.82, 2.24) is 15.3 Å². The van der Waals surface area contributed by atoms with Gasteiger partial charge < -0.3 is 5.32 Å². The van der Waals surface area contributed by atoms with Gasteiger partial charge in [0, 0.05) is 6.54 Å². The Balaban J connectivity index is 1.79. The van der Waals surface area contributed by atoms with Crippen LogP contribution in [0.15, 0.2) is 48.5 Å². The maximum atomic E-state index is 12.3. The van der Waals surface area contributed by atoms with Gasteiger partial charge in [-0.1, -0.05) is 42.0 Å². The molecule has 0 bridgehead atoms. The molecule has 3 aromatic rings. The number of nitrogens with zero attached hydrogens (tertiary/aromatic N) is 2. The fourth-order valence-electron chi connectivity index (χ4n) is 2.28. The largest absolute Gasteiger partial charge is 0.347 e. The van der Waals surface area contributed by atoms with E-state index in [1.165, 1.54) is 5.56 Å². The Labute approximate surface area is 129 Å². The Morgan fingerprint density at radius 3 is 2.27 bits per heavy atom. The van der Waals surface area contributed by atoms with E-state index in [0.717, 1.165) is 16.6 Å². The summed E-state index contributed by atoms with van der Waals surface area (Å²) in [5.74, 6) is -0.198. The number of nitrogens with one attached hydrogen (secondary N) is 1. The Morgan fingerprint density at radius 2 is 1.59 bits per heavy atom. The molecule has 4 heteroatoms. The van der Waals surface area contributed by atoms with Crippen LogP contribution in [-0.4, -0.2) is 15.9 Å². The van der Waals surface area contributed by atoms with Gasteiger partial charge in [0.15, 0.2) is 0 Å². The molecule has 1 N–H and O–H groups in total. The minimum atomic E-state index is -0.198. The average molecular weight is 291 g/mol. The molecule has 2 aromatic carbocycles. The molecule has 0 saturated heterocycles. The zero-order valence-electron chi connectivity index (χ0n) is 12.6. The standard InChI is InChI=1S/C18H17N3O/c1-12-7-9-14(10-8-12)11-19-18(22)17-13(2)20-15-5-3-4-6-16(15)21-17/h3-10H,11H2,1-2H3,(H,19,22). The van der Waals surface area contributed by atoms with E-state index in [9.17, 15) is 4.79 Å². The number of amides is 1. The van der Waals surface area contributed by atoms with Gasteiger partial charge in [0.25, 0.3) is 5.91 Å². The third-order valence-corrected chi connectivity index (χ3v) is 3.53. The second kappa shape index (κ2) is 5.93. The van der Waals surface area contributed by atoms with Crippen LogP contribution in [0, 0.1) is 13.8 Å². The fourth-order valence-corrected chi connectivity index (χ4v) is 2.28. The van der Waals surface area contributed by atoms with Crippen LogP contribution in [0.1, 0.15) is 27.3 Å². The van der Waals surface area contributed by atoms with E-state index in [2.05, 4.69) is 15.3 Å². The van der Waals surface area contributed by atoms with E-state index >= 15 is 0 Å². The highest BCUT2D eigenvalue weighted by atomic mass is 16.1. The zero-order chi connectivity index (χ0) is 15.5. The topological polar surface area (TPSA) is 54.9 Å². The highest BCUT2D eigenvalue weighted by Crippen LogP contribution is 2.12. The van der Waals surface area contributed by atoms with Crippen LogP contribution < -0.4 is 5.32 Å². The van der Waals surface area contributed by atoms with Gasteiger partial charge in [0.1, 0.15) is 5.69 Å². The number of carbonyl (C=O) groups is 1. The first-order chi connectivity index (χ1) is 10.6. The van der Waals surface area contributed by atoms with Crippen molar-refractivity contribution in [3.63, 3.8) is 0 Å². The first-order valence-electron chi connectivity index (χ1n) is 7.20. The van der Waals surface area contributed by atoms with Gasteiger partial charge in [0.2, 0.25) is 0 Å². The van der Waals surface area contributed by atoms with Crippen molar-refractivity contribution < 1.29 is 4.79 Å². The van der Waals surface area contributed by atoms with Crippen LogP contribution in [-0.2, 0) is 6.54 Å². The number of para-hydroxylation sites is 2. The molecule has 1 amide bonds. The smallest absolute Gasteiger partial charge is 0.272 e. The molecule has 4 nitrogen and oxygen atoms in total. The van der Waals surface area contributed by atoms with Crippen LogP contribution in [0.2, 0.25) is 0 Å². The summed E-state index contributed by atoms with van der Waals surface area (Å²) in [5.41, 5.74) is 4.81. The highest BCUT2D eigenvalue weighted by Gasteiger charge is 2.13. The molecule has 1 aromatic heterocycles. The van der Waals surface area contributed by atoms with Crippen LogP contribution in [0.4, 0.5) is 0 Å². The summed E-state index contributed by atoms with van der Waals surface area (Å²) < 4.78 is 0. The minimum Gasteiger partial charge on any atom is -0.347 e. The molecule has 0 atom stereocenters. The van der Waals surface area contributed by atoms with E-state index in [0.29, 0.717) is 17.9 Å². The van der Waals surface area contributed by atoms with Gasteiger partial charge in [-0.25, -0.2) is 9.97 Å². The quantitative estimate of drug-likeness (QED) is 0.806. The van der Waals surface area contributed by atoms with Gasteiger partial charge in [0.05, 0.1) is 16.7 Å². The number of rotatable bonds is 3. The molecular formula is C18H17N3O. The molecule has 0 unspecified atom stereocenters. The second-order valence-corrected chi connectivity index (χ2v) is 5.31. The number of aromatic nitrogens is 2. The molecule has 0 aliphatic carbocycles. The summed E-state index contributed by atoms with van der Waals surface area (Å²) in [6.45, 7) is 4.32. The zero-order valence-corrected chi connectivity index (χ0v) is 12.6. The molecular weight excluding hydrogens is 274 g/mol. The summed E-state index contributed by atoms with van der Waals surface area (Å²) in [6, 6.07) is 15.6. The highest BCUT2D eigenvalue weighted by molar-refractivity contribution is 5.95.